The van der Waals surface area contributed by atoms with Crippen LogP contribution in [0, 0.1) is 5.92 Å². The summed E-state index contributed by atoms with van der Waals surface area (Å²) in [6.07, 6.45) is 4.82. The minimum absolute atomic E-state index is 0.365. The zero-order valence-electron chi connectivity index (χ0n) is 7.05. The van der Waals surface area contributed by atoms with Crippen LogP contribution in [0.25, 0.3) is 0 Å². The molecule has 0 radical (unpaired) electrons. The Hall–Kier alpha value is -0.0800. The third-order valence-electron chi connectivity index (χ3n) is 2.50. The van der Waals surface area contributed by atoms with Gasteiger partial charge in [0.15, 0.2) is 0 Å². The van der Waals surface area contributed by atoms with Crippen molar-refractivity contribution >= 4 is 0 Å². The Balaban J connectivity index is 1.75. The van der Waals surface area contributed by atoms with E-state index in [4.69, 9.17) is 4.74 Å². The maximum Gasteiger partial charge on any atom is 0.0837 e. The minimum atomic E-state index is -0.456. The molecule has 0 spiro atoms. The molecule has 2 rings (SSSR count). The lowest BCUT2D eigenvalue weighted by Gasteiger charge is -2.21. The van der Waals surface area contributed by atoms with Crippen LogP contribution in [-0.4, -0.2) is 23.4 Å². The SMILES string of the molecule is C[C@](O)(CC1CC1)C[C@@H]1CO1. The molecule has 0 aromatic carbocycles. The van der Waals surface area contributed by atoms with Gasteiger partial charge >= 0.3 is 0 Å². The lowest BCUT2D eigenvalue weighted by atomic mass is 9.94. The molecule has 1 saturated heterocycles. The van der Waals surface area contributed by atoms with Gasteiger partial charge in [-0.1, -0.05) is 12.8 Å². The first kappa shape index (κ1) is 7.56. The molecule has 11 heavy (non-hydrogen) atoms. The molecular weight excluding hydrogens is 140 g/mol. The fraction of sp³-hybridized carbons (Fsp3) is 1.00. The Kier molecular flexibility index (Phi) is 1.69. The molecule has 1 aliphatic heterocycles. The number of hydrogen-bond donors (Lipinski definition) is 1. The average Bonchev–Trinajstić information content (AvgIpc) is 2.60. The van der Waals surface area contributed by atoms with E-state index in [-0.39, 0.29) is 0 Å². The van der Waals surface area contributed by atoms with Crippen molar-refractivity contribution in [3.05, 3.63) is 0 Å². The van der Waals surface area contributed by atoms with Crippen molar-refractivity contribution in [2.75, 3.05) is 6.61 Å². The summed E-state index contributed by atoms with van der Waals surface area (Å²) in [4.78, 5) is 0. The molecule has 1 N–H and O–H groups in total. The standard InChI is InChI=1S/C9H16O2/c1-9(10,4-7-2-3-7)5-8-6-11-8/h7-8,10H,2-6H2,1H3/t8-,9+/m1/s1. The quantitative estimate of drug-likeness (QED) is 0.623. The van der Waals surface area contributed by atoms with Gasteiger partial charge in [0.25, 0.3) is 0 Å². The van der Waals surface area contributed by atoms with E-state index in [1.807, 2.05) is 6.92 Å². The van der Waals surface area contributed by atoms with Crippen molar-refractivity contribution < 1.29 is 9.84 Å². The minimum Gasteiger partial charge on any atom is -0.390 e. The number of rotatable bonds is 4. The summed E-state index contributed by atoms with van der Waals surface area (Å²) in [6.45, 7) is 2.80. The molecule has 2 heteroatoms. The largest absolute Gasteiger partial charge is 0.390 e. The van der Waals surface area contributed by atoms with E-state index in [0.717, 1.165) is 25.4 Å². The van der Waals surface area contributed by atoms with Gasteiger partial charge in [0.2, 0.25) is 0 Å². The van der Waals surface area contributed by atoms with Crippen LogP contribution in [0.5, 0.6) is 0 Å². The van der Waals surface area contributed by atoms with Crippen molar-refractivity contribution in [2.45, 2.75) is 44.3 Å². The van der Waals surface area contributed by atoms with Crippen LogP contribution < -0.4 is 0 Å². The predicted octanol–water partition coefficient (Wildman–Crippen LogP) is 1.33. The van der Waals surface area contributed by atoms with Crippen molar-refractivity contribution in [3.8, 4) is 0 Å². The van der Waals surface area contributed by atoms with Gasteiger partial charge in [-0.05, 0) is 19.3 Å². The molecule has 1 heterocycles. The number of ether oxygens (including phenoxy) is 1. The highest BCUT2D eigenvalue weighted by molar-refractivity contribution is 4.88. The van der Waals surface area contributed by atoms with Gasteiger partial charge in [0, 0.05) is 6.42 Å². The zero-order valence-corrected chi connectivity index (χ0v) is 7.05. The maximum absolute atomic E-state index is 9.86. The fourth-order valence-corrected chi connectivity index (χ4v) is 1.70. The Labute approximate surface area is 67.6 Å². The zero-order chi connectivity index (χ0) is 7.90. The van der Waals surface area contributed by atoms with Gasteiger partial charge in [0.05, 0.1) is 18.3 Å². The highest BCUT2D eigenvalue weighted by Crippen LogP contribution is 2.39. The molecule has 0 unspecified atom stereocenters. The predicted molar refractivity (Wildman–Crippen MR) is 42.3 cm³/mol. The fourth-order valence-electron chi connectivity index (χ4n) is 1.70. The molecule has 64 valence electrons. The van der Waals surface area contributed by atoms with E-state index in [2.05, 4.69) is 0 Å². The second kappa shape index (κ2) is 2.46. The molecule has 0 bridgehead atoms. The Bertz CT molecular complexity index is 130. The summed E-state index contributed by atoms with van der Waals surface area (Å²) in [5.74, 6) is 0.809. The number of aliphatic hydroxyl groups is 1. The van der Waals surface area contributed by atoms with Crippen LogP contribution in [0.3, 0.4) is 0 Å². The molecule has 2 atom stereocenters. The van der Waals surface area contributed by atoms with Gasteiger partial charge in [-0.3, -0.25) is 0 Å². The third-order valence-corrected chi connectivity index (χ3v) is 2.50. The number of hydrogen-bond acceptors (Lipinski definition) is 2. The van der Waals surface area contributed by atoms with Crippen molar-refractivity contribution in [1.82, 2.24) is 0 Å². The Morgan fingerprint density at radius 2 is 2.09 bits per heavy atom. The molecule has 0 aromatic rings. The maximum atomic E-state index is 9.86. The van der Waals surface area contributed by atoms with Crippen LogP contribution in [0.15, 0.2) is 0 Å². The molecule has 2 fully saturated rings. The van der Waals surface area contributed by atoms with E-state index >= 15 is 0 Å². The van der Waals surface area contributed by atoms with Crippen LogP contribution in [0.2, 0.25) is 0 Å². The van der Waals surface area contributed by atoms with Crippen LogP contribution >= 0.6 is 0 Å². The van der Waals surface area contributed by atoms with Crippen molar-refractivity contribution in [2.24, 2.45) is 5.92 Å². The van der Waals surface area contributed by atoms with Gasteiger partial charge in [-0.2, -0.15) is 0 Å². The summed E-state index contributed by atoms with van der Waals surface area (Å²) in [7, 11) is 0. The Morgan fingerprint density at radius 1 is 1.45 bits per heavy atom. The van der Waals surface area contributed by atoms with Crippen molar-refractivity contribution in [1.29, 1.82) is 0 Å². The lowest BCUT2D eigenvalue weighted by Crippen LogP contribution is -2.26. The normalized spacial score (nSPS) is 34.9. The topological polar surface area (TPSA) is 32.8 Å². The molecular formula is C9H16O2. The van der Waals surface area contributed by atoms with Gasteiger partial charge < -0.3 is 9.84 Å². The van der Waals surface area contributed by atoms with Gasteiger partial charge in [0.1, 0.15) is 0 Å². The van der Waals surface area contributed by atoms with E-state index in [1.54, 1.807) is 0 Å². The first-order valence-corrected chi connectivity index (χ1v) is 4.50. The second-order valence-corrected chi connectivity index (χ2v) is 4.30. The van der Waals surface area contributed by atoms with Crippen LogP contribution in [-0.2, 0) is 4.74 Å². The van der Waals surface area contributed by atoms with Gasteiger partial charge in [-0.25, -0.2) is 0 Å². The molecule has 2 aliphatic rings. The molecule has 1 saturated carbocycles. The van der Waals surface area contributed by atoms with Crippen molar-refractivity contribution in [3.63, 3.8) is 0 Å². The van der Waals surface area contributed by atoms with E-state index in [1.165, 1.54) is 12.8 Å². The highest BCUT2D eigenvalue weighted by atomic mass is 16.6. The summed E-state index contributed by atoms with van der Waals surface area (Å²) >= 11 is 0. The second-order valence-electron chi connectivity index (χ2n) is 4.30. The highest BCUT2D eigenvalue weighted by Gasteiger charge is 2.37. The number of epoxide rings is 1. The summed E-state index contributed by atoms with van der Waals surface area (Å²) < 4.78 is 5.09. The first-order valence-electron chi connectivity index (χ1n) is 4.50. The monoisotopic (exact) mass is 156 g/mol. The van der Waals surface area contributed by atoms with Crippen LogP contribution in [0.4, 0.5) is 0 Å². The molecule has 0 amide bonds. The lowest BCUT2D eigenvalue weighted by molar-refractivity contribution is 0.0292. The molecule has 1 aliphatic carbocycles. The van der Waals surface area contributed by atoms with E-state index < -0.39 is 5.60 Å². The smallest absolute Gasteiger partial charge is 0.0837 e. The average molecular weight is 156 g/mol. The van der Waals surface area contributed by atoms with Crippen LogP contribution in [0.1, 0.15) is 32.6 Å². The summed E-state index contributed by atoms with van der Waals surface area (Å²) in [6, 6.07) is 0. The molecule has 2 nitrogen and oxygen atoms in total. The summed E-state index contributed by atoms with van der Waals surface area (Å²) in [5.41, 5.74) is -0.456. The first-order chi connectivity index (χ1) is 5.16. The van der Waals surface area contributed by atoms with E-state index in [9.17, 15) is 5.11 Å². The Morgan fingerprint density at radius 3 is 2.55 bits per heavy atom. The summed E-state index contributed by atoms with van der Waals surface area (Å²) in [5, 5.41) is 9.86. The third kappa shape index (κ3) is 2.46. The van der Waals surface area contributed by atoms with Gasteiger partial charge in [-0.15, -0.1) is 0 Å². The molecule has 0 aromatic heterocycles. The van der Waals surface area contributed by atoms with E-state index in [0.29, 0.717) is 6.10 Å².